The van der Waals surface area contributed by atoms with Gasteiger partial charge in [0.25, 0.3) is 0 Å². The third kappa shape index (κ3) is 5.86. The summed E-state index contributed by atoms with van der Waals surface area (Å²) in [5.74, 6) is 0.889. The SMILES string of the molecule is CCCCCCCCN(C)CC1CC(N)C1. The molecule has 1 fully saturated rings. The number of nitrogens with two attached hydrogens (primary N) is 1. The zero-order valence-electron chi connectivity index (χ0n) is 11.3. The smallest absolute Gasteiger partial charge is 0.00450 e. The summed E-state index contributed by atoms with van der Waals surface area (Å²) in [6.07, 6.45) is 10.9. The van der Waals surface area contributed by atoms with Crippen LogP contribution >= 0.6 is 0 Å². The Bertz CT molecular complexity index is 164. The maximum atomic E-state index is 5.79. The van der Waals surface area contributed by atoms with Crippen LogP contribution in [-0.2, 0) is 0 Å². The molecular formula is C14H30N2. The molecule has 16 heavy (non-hydrogen) atoms. The first-order valence-corrected chi connectivity index (χ1v) is 7.16. The summed E-state index contributed by atoms with van der Waals surface area (Å²) in [6.45, 7) is 4.82. The summed E-state index contributed by atoms with van der Waals surface area (Å²) < 4.78 is 0. The van der Waals surface area contributed by atoms with E-state index < -0.39 is 0 Å². The van der Waals surface area contributed by atoms with Crippen molar-refractivity contribution in [1.29, 1.82) is 0 Å². The molecule has 96 valence electrons. The number of rotatable bonds is 9. The molecule has 0 atom stereocenters. The number of hydrogen-bond acceptors (Lipinski definition) is 2. The zero-order valence-corrected chi connectivity index (χ0v) is 11.3. The van der Waals surface area contributed by atoms with Crippen molar-refractivity contribution in [3.8, 4) is 0 Å². The summed E-state index contributed by atoms with van der Waals surface area (Å²) in [4.78, 5) is 2.50. The van der Waals surface area contributed by atoms with Crippen molar-refractivity contribution in [2.75, 3.05) is 20.1 Å². The first-order chi connectivity index (χ1) is 7.72. The van der Waals surface area contributed by atoms with Gasteiger partial charge in [-0.05, 0) is 38.8 Å². The molecule has 1 aliphatic rings. The summed E-state index contributed by atoms with van der Waals surface area (Å²) in [6, 6.07) is 0.507. The van der Waals surface area contributed by atoms with E-state index in [0.717, 1.165) is 5.92 Å². The Hall–Kier alpha value is -0.0800. The van der Waals surface area contributed by atoms with E-state index >= 15 is 0 Å². The molecular weight excluding hydrogens is 196 g/mol. The summed E-state index contributed by atoms with van der Waals surface area (Å²) in [7, 11) is 2.26. The molecule has 2 N–H and O–H groups in total. The molecule has 1 rings (SSSR count). The van der Waals surface area contributed by atoms with Crippen LogP contribution in [0.25, 0.3) is 0 Å². The lowest BCUT2D eigenvalue weighted by molar-refractivity contribution is 0.180. The third-order valence-electron chi connectivity index (χ3n) is 3.74. The number of hydrogen-bond donors (Lipinski definition) is 1. The van der Waals surface area contributed by atoms with Crippen molar-refractivity contribution >= 4 is 0 Å². The van der Waals surface area contributed by atoms with Gasteiger partial charge in [0.1, 0.15) is 0 Å². The summed E-state index contributed by atoms with van der Waals surface area (Å²) in [5, 5.41) is 0. The van der Waals surface area contributed by atoms with Crippen LogP contribution in [0.2, 0.25) is 0 Å². The minimum Gasteiger partial charge on any atom is -0.328 e. The van der Waals surface area contributed by atoms with Gasteiger partial charge < -0.3 is 10.6 Å². The fourth-order valence-corrected chi connectivity index (χ4v) is 2.63. The van der Waals surface area contributed by atoms with Gasteiger partial charge in [0.15, 0.2) is 0 Å². The molecule has 1 aliphatic carbocycles. The van der Waals surface area contributed by atoms with E-state index in [-0.39, 0.29) is 0 Å². The third-order valence-corrected chi connectivity index (χ3v) is 3.74. The normalized spacial score (nSPS) is 24.8. The second-order valence-electron chi connectivity index (χ2n) is 5.63. The Morgan fingerprint density at radius 1 is 1.06 bits per heavy atom. The average Bonchev–Trinajstić information content (AvgIpc) is 2.21. The Labute approximate surface area is 102 Å². The minimum absolute atomic E-state index is 0.507. The van der Waals surface area contributed by atoms with E-state index in [2.05, 4.69) is 18.9 Å². The van der Waals surface area contributed by atoms with E-state index in [1.54, 1.807) is 0 Å². The van der Waals surface area contributed by atoms with E-state index in [0.29, 0.717) is 6.04 Å². The van der Waals surface area contributed by atoms with Crippen LogP contribution in [-0.4, -0.2) is 31.1 Å². The molecule has 0 unspecified atom stereocenters. The lowest BCUT2D eigenvalue weighted by Crippen LogP contribution is -2.42. The maximum Gasteiger partial charge on any atom is 0.00450 e. The van der Waals surface area contributed by atoms with Crippen molar-refractivity contribution < 1.29 is 0 Å². The standard InChI is InChI=1S/C14H30N2/c1-3-4-5-6-7-8-9-16(2)12-13-10-14(15)11-13/h13-14H,3-12,15H2,1-2H3. The molecule has 0 amide bonds. The van der Waals surface area contributed by atoms with Crippen molar-refractivity contribution in [3.05, 3.63) is 0 Å². The van der Waals surface area contributed by atoms with Gasteiger partial charge in [-0.3, -0.25) is 0 Å². The monoisotopic (exact) mass is 226 g/mol. The van der Waals surface area contributed by atoms with E-state index in [1.165, 1.54) is 64.5 Å². The van der Waals surface area contributed by atoms with Crippen LogP contribution in [0, 0.1) is 5.92 Å². The minimum atomic E-state index is 0.507. The van der Waals surface area contributed by atoms with E-state index in [4.69, 9.17) is 5.73 Å². The van der Waals surface area contributed by atoms with Gasteiger partial charge in [-0.25, -0.2) is 0 Å². The number of nitrogens with zero attached hydrogens (tertiary/aromatic N) is 1. The van der Waals surface area contributed by atoms with Crippen molar-refractivity contribution in [3.63, 3.8) is 0 Å². The molecule has 2 nitrogen and oxygen atoms in total. The van der Waals surface area contributed by atoms with Crippen LogP contribution in [0.3, 0.4) is 0 Å². The molecule has 0 bridgehead atoms. The molecule has 0 radical (unpaired) electrons. The highest BCUT2D eigenvalue weighted by Crippen LogP contribution is 2.26. The van der Waals surface area contributed by atoms with Crippen molar-refractivity contribution in [2.24, 2.45) is 11.7 Å². The first kappa shape index (κ1) is 14.0. The predicted molar refractivity (Wildman–Crippen MR) is 71.6 cm³/mol. The highest BCUT2D eigenvalue weighted by molar-refractivity contribution is 4.83. The van der Waals surface area contributed by atoms with Crippen molar-refractivity contribution in [1.82, 2.24) is 4.90 Å². The van der Waals surface area contributed by atoms with Crippen molar-refractivity contribution in [2.45, 2.75) is 64.3 Å². The van der Waals surface area contributed by atoms with Crippen LogP contribution in [0.4, 0.5) is 0 Å². The first-order valence-electron chi connectivity index (χ1n) is 7.16. The second-order valence-corrected chi connectivity index (χ2v) is 5.63. The second kappa shape index (κ2) is 8.08. The van der Waals surface area contributed by atoms with Gasteiger partial charge in [-0.1, -0.05) is 39.0 Å². The molecule has 2 heteroatoms. The largest absolute Gasteiger partial charge is 0.328 e. The highest BCUT2D eigenvalue weighted by atomic mass is 15.1. The highest BCUT2D eigenvalue weighted by Gasteiger charge is 2.26. The van der Waals surface area contributed by atoms with Gasteiger partial charge in [-0.2, -0.15) is 0 Å². The maximum absolute atomic E-state index is 5.79. The van der Waals surface area contributed by atoms with Gasteiger partial charge in [0.05, 0.1) is 0 Å². The molecule has 0 aliphatic heterocycles. The fourth-order valence-electron chi connectivity index (χ4n) is 2.63. The summed E-state index contributed by atoms with van der Waals surface area (Å²) >= 11 is 0. The Balaban J connectivity index is 1.84. The quantitative estimate of drug-likeness (QED) is 0.612. The molecule has 0 aromatic rings. The Kier molecular flexibility index (Phi) is 7.06. The van der Waals surface area contributed by atoms with Crippen LogP contribution in [0.5, 0.6) is 0 Å². The lowest BCUT2D eigenvalue weighted by atomic mass is 9.80. The van der Waals surface area contributed by atoms with Gasteiger partial charge in [0, 0.05) is 12.6 Å². The van der Waals surface area contributed by atoms with Gasteiger partial charge in [-0.15, -0.1) is 0 Å². The molecule has 1 saturated carbocycles. The predicted octanol–water partition coefficient (Wildman–Crippen LogP) is 3.02. The van der Waals surface area contributed by atoms with Gasteiger partial charge >= 0.3 is 0 Å². The number of unbranched alkanes of at least 4 members (excludes halogenated alkanes) is 5. The van der Waals surface area contributed by atoms with Crippen LogP contribution in [0.1, 0.15) is 58.3 Å². The lowest BCUT2D eigenvalue weighted by Gasteiger charge is -2.35. The topological polar surface area (TPSA) is 29.3 Å². The van der Waals surface area contributed by atoms with Crippen LogP contribution in [0.15, 0.2) is 0 Å². The van der Waals surface area contributed by atoms with Gasteiger partial charge in [0.2, 0.25) is 0 Å². The fraction of sp³-hybridized carbons (Fsp3) is 1.00. The molecule has 0 saturated heterocycles. The Morgan fingerprint density at radius 3 is 2.31 bits per heavy atom. The summed E-state index contributed by atoms with van der Waals surface area (Å²) in [5.41, 5.74) is 5.79. The zero-order chi connectivity index (χ0) is 11.8. The molecule has 0 aromatic carbocycles. The molecule has 0 aromatic heterocycles. The average molecular weight is 226 g/mol. The van der Waals surface area contributed by atoms with E-state index in [9.17, 15) is 0 Å². The molecule has 0 spiro atoms. The molecule has 0 heterocycles. The van der Waals surface area contributed by atoms with E-state index in [1.807, 2.05) is 0 Å². The Morgan fingerprint density at radius 2 is 1.69 bits per heavy atom. The van der Waals surface area contributed by atoms with Crippen LogP contribution < -0.4 is 5.73 Å².